The van der Waals surface area contributed by atoms with Crippen molar-refractivity contribution in [1.82, 2.24) is 14.7 Å². The molecular weight excluding hydrogens is 393 g/mol. The highest BCUT2D eigenvalue weighted by atomic mass is 79.9. The van der Waals surface area contributed by atoms with E-state index in [2.05, 4.69) is 21.0 Å². The van der Waals surface area contributed by atoms with Gasteiger partial charge in [-0.15, -0.1) is 0 Å². The molecule has 1 heterocycles. The van der Waals surface area contributed by atoms with Crippen LogP contribution in [0.25, 0.3) is 0 Å². The number of rotatable bonds is 4. The molecular formula is C14H14BrClFN3OS. The summed E-state index contributed by atoms with van der Waals surface area (Å²) < 4.78 is 15.7. The van der Waals surface area contributed by atoms with Crippen molar-refractivity contribution in [3.8, 4) is 0 Å². The van der Waals surface area contributed by atoms with Crippen molar-refractivity contribution in [2.24, 2.45) is 0 Å². The van der Waals surface area contributed by atoms with Gasteiger partial charge in [0, 0.05) is 13.1 Å². The van der Waals surface area contributed by atoms with Crippen LogP contribution in [0.5, 0.6) is 0 Å². The lowest BCUT2D eigenvalue weighted by Crippen LogP contribution is -2.34. The van der Waals surface area contributed by atoms with E-state index < -0.39 is 5.82 Å². The van der Waals surface area contributed by atoms with E-state index >= 15 is 0 Å². The van der Waals surface area contributed by atoms with E-state index in [4.69, 9.17) is 11.6 Å². The van der Waals surface area contributed by atoms with Crippen LogP contribution < -0.4 is 0 Å². The topological polar surface area (TPSA) is 38.1 Å². The zero-order valence-corrected chi connectivity index (χ0v) is 15.2. The van der Waals surface area contributed by atoms with Gasteiger partial charge in [-0.3, -0.25) is 0 Å². The Hall–Kier alpha value is -1.05. The first-order valence-electron chi connectivity index (χ1n) is 6.64. The number of hydrogen-bond donors (Lipinski definition) is 0. The molecule has 118 valence electrons. The van der Waals surface area contributed by atoms with Crippen LogP contribution in [0.4, 0.5) is 9.18 Å². The summed E-state index contributed by atoms with van der Waals surface area (Å²) in [6, 6.07) is 4.26. The van der Waals surface area contributed by atoms with Crippen molar-refractivity contribution in [1.29, 1.82) is 0 Å². The molecule has 1 amide bonds. The third kappa shape index (κ3) is 3.64. The van der Waals surface area contributed by atoms with Gasteiger partial charge in [-0.05, 0) is 41.9 Å². The molecule has 22 heavy (non-hydrogen) atoms. The summed E-state index contributed by atoms with van der Waals surface area (Å²) in [6.07, 6.45) is 1.57. The first-order chi connectivity index (χ1) is 10.5. The Morgan fingerprint density at radius 1 is 1.45 bits per heavy atom. The summed E-state index contributed by atoms with van der Waals surface area (Å²) in [6.45, 7) is 4.98. The molecule has 4 nitrogen and oxygen atoms in total. The van der Waals surface area contributed by atoms with Crippen molar-refractivity contribution in [3.05, 3.63) is 39.7 Å². The predicted molar refractivity (Wildman–Crippen MR) is 89.2 cm³/mol. The maximum atomic E-state index is 13.8. The molecule has 0 saturated carbocycles. The Kier molecular flexibility index (Phi) is 5.88. The Bertz CT molecular complexity index is 670. The molecule has 2 rings (SSSR count). The molecule has 2 aromatic rings. The van der Waals surface area contributed by atoms with Crippen molar-refractivity contribution < 1.29 is 9.18 Å². The second kappa shape index (κ2) is 7.48. The standard InChI is InChI=1S/C14H14BrClFN3OS/c1-3-19(4-2)14(21)20-8-9(15)13(18-20)22-12-10(16)6-5-7-11(12)17/h5-8H,3-4H2,1-2H3. The van der Waals surface area contributed by atoms with Gasteiger partial charge < -0.3 is 4.90 Å². The number of halogens is 3. The van der Waals surface area contributed by atoms with Gasteiger partial charge in [0.2, 0.25) is 0 Å². The number of carbonyl (C=O) groups is 1. The summed E-state index contributed by atoms with van der Waals surface area (Å²) in [5.74, 6) is -0.422. The normalized spacial score (nSPS) is 10.8. The average molecular weight is 407 g/mol. The van der Waals surface area contributed by atoms with Crippen LogP contribution in [0.1, 0.15) is 13.8 Å². The van der Waals surface area contributed by atoms with Gasteiger partial charge in [0.05, 0.1) is 20.6 Å². The zero-order valence-electron chi connectivity index (χ0n) is 12.0. The van der Waals surface area contributed by atoms with Gasteiger partial charge in [-0.2, -0.15) is 9.78 Å². The van der Waals surface area contributed by atoms with Gasteiger partial charge >= 0.3 is 6.03 Å². The van der Waals surface area contributed by atoms with Gasteiger partial charge in [0.15, 0.2) is 0 Å². The monoisotopic (exact) mass is 405 g/mol. The van der Waals surface area contributed by atoms with E-state index in [-0.39, 0.29) is 10.9 Å². The number of amides is 1. The second-order valence-electron chi connectivity index (χ2n) is 4.33. The molecule has 0 fully saturated rings. The summed E-state index contributed by atoms with van der Waals surface area (Å²) in [7, 11) is 0. The molecule has 0 bridgehead atoms. The SMILES string of the molecule is CCN(CC)C(=O)n1cc(Br)c(Sc2c(F)cccc2Cl)n1. The van der Waals surface area contributed by atoms with Gasteiger partial charge in [-0.25, -0.2) is 9.18 Å². The highest BCUT2D eigenvalue weighted by Crippen LogP contribution is 2.37. The van der Waals surface area contributed by atoms with Crippen LogP contribution in [0.15, 0.2) is 38.8 Å². The van der Waals surface area contributed by atoms with Crippen molar-refractivity contribution in [3.63, 3.8) is 0 Å². The fourth-order valence-corrected chi connectivity index (χ4v) is 3.42. The predicted octanol–water partition coefficient (Wildman–Crippen LogP) is 4.90. The molecule has 0 atom stereocenters. The van der Waals surface area contributed by atoms with Crippen molar-refractivity contribution >= 4 is 45.3 Å². The Morgan fingerprint density at radius 2 is 2.14 bits per heavy atom. The molecule has 0 aliphatic carbocycles. The molecule has 0 spiro atoms. The minimum absolute atomic E-state index is 0.225. The number of nitrogens with zero attached hydrogens (tertiary/aromatic N) is 3. The zero-order chi connectivity index (χ0) is 16.3. The van der Waals surface area contributed by atoms with E-state index in [0.717, 1.165) is 11.8 Å². The summed E-state index contributed by atoms with van der Waals surface area (Å²) in [4.78, 5) is 14.2. The Balaban J connectivity index is 2.29. The minimum atomic E-state index is -0.422. The highest BCUT2D eigenvalue weighted by Gasteiger charge is 2.18. The second-order valence-corrected chi connectivity index (χ2v) is 6.60. The molecule has 1 aromatic heterocycles. The molecule has 0 radical (unpaired) electrons. The summed E-state index contributed by atoms with van der Waals surface area (Å²) >= 11 is 10.4. The van der Waals surface area contributed by atoms with Gasteiger partial charge in [0.1, 0.15) is 10.8 Å². The summed E-state index contributed by atoms with van der Waals surface area (Å²) in [5.41, 5.74) is 0. The highest BCUT2D eigenvalue weighted by molar-refractivity contribution is 9.10. The van der Waals surface area contributed by atoms with E-state index in [1.54, 1.807) is 23.2 Å². The van der Waals surface area contributed by atoms with Crippen molar-refractivity contribution in [2.45, 2.75) is 23.8 Å². The van der Waals surface area contributed by atoms with E-state index in [1.165, 1.54) is 10.7 Å². The molecule has 0 aliphatic heterocycles. The Labute approximate surface area is 145 Å². The molecule has 8 heteroatoms. The van der Waals surface area contributed by atoms with Crippen LogP contribution in [0, 0.1) is 5.82 Å². The largest absolute Gasteiger partial charge is 0.344 e. The molecule has 0 aliphatic rings. The van der Waals surface area contributed by atoms with Crippen LogP contribution in [0.3, 0.4) is 0 Å². The lowest BCUT2D eigenvalue weighted by Gasteiger charge is -2.17. The third-order valence-electron chi connectivity index (χ3n) is 2.99. The van der Waals surface area contributed by atoms with E-state index in [0.29, 0.717) is 27.6 Å². The minimum Gasteiger partial charge on any atom is -0.323 e. The molecule has 1 aromatic carbocycles. The van der Waals surface area contributed by atoms with Crippen LogP contribution in [-0.2, 0) is 0 Å². The third-order valence-corrected chi connectivity index (χ3v) is 5.37. The van der Waals surface area contributed by atoms with Crippen LogP contribution in [0.2, 0.25) is 5.02 Å². The summed E-state index contributed by atoms with van der Waals surface area (Å²) in [5, 5.41) is 5.01. The lowest BCUT2D eigenvalue weighted by molar-refractivity contribution is 0.201. The van der Waals surface area contributed by atoms with Gasteiger partial charge in [-0.1, -0.05) is 29.4 Å². The van der Waals surface area contributed by atoms with Crippen LogP contribution >= 0.6 is 39.3 Å². The maximum absolute atomic E-state index is 13.8. The fraction of sp³-hybridized carbons (Fsp3) is 0.286. The Morgan fingerprint density at radius 3 is 2.73 bits per heavy atom. The van der Waals surface area contributed by atoms with Gasteiger partial charge in [0.25, 0.3) is 0 Å². The number of aromatic nitrogens is 2. The quantitative estimate of drug-likeness (QED) is 0.725. The van der Waals surface area contributed by atoms with E-state index in [9.17, 15) is 9.18 Å². The average Bonchev–Trinajstić information content (AvgIpc) is 2.85. The number of benzene rings is 1. The first kappa shape index (κ1) is 17.3. The molecule has 0 saturated heterocycles. The number of hydrogen-bond acceptors (Lipinski definition) is 3. The fourth-order valence-electron chi connectivity index (χ4n) is 1.82. The molecule has 0 unspecified atom stereocenters. The van der Waals surface area contributed by atoms with E-state index in [1.807, 2.05) is 13.8 Å². The maximum Gasteiger partial charge on any atom is 0.344 e. The molecule has 0 N–H and O–H groups in total. The lowest BCUT2D eigenvalue weighted by atomic mass is 10.3. The first-order valence-corrected chi connectivity index (χ1v) is 8.63. The smallest absolute Gasteiger partial charge is 0.323 e. The van der Waals surface area contributed by atoms with Crippen molar-refractivity contribution in [2.75, 3.05) is 13.1 Å². The number of carbonyl (C=O) groups excluding carboxylic acids is 1. The van der Waals surface area contributed by atoms with Crippen LogP contribution in [-0.4, -0.2) is 33.8 Å².